The number of benzene rings is 1. The Bertz CT molecular complexity index is 876. The lowest BCUT2D eigenvalue weighted by Gasteiger charge is -2.35. The number of Topliss-reactive ketones (excluding diaryl/α,β-unsaturated/α-hetero) is 1. The third-order valence-corrected chi connectivity index (χ3v) is 5.88. The van der Waals surface area contributed by atoms with Crippen molar-refractivity contribution in [1.29, 1.82) is 0 Å². The molecule has 3 rings (SSSR count). The summed E-state index contributed by atoms with van der Waals surface area (Å²) in [6, 6.07) is 10.1. The number of nitrogens with zero attached hydrogens (tertiary/aromatic N) is 1. The van der Waals surface area contributed by atoms with E-state index in [0.717, 1.165) is 31.5 Å². The summed E-state index contributed by atoms with van der Waals surface area (Å²) in [5.41, 5.74) is 3.05. The van der Waals surface area contributed by atoms with Crippen LogP contribution in [0.1, 0.15) is 66.6 Å². The number of hydrogen-bond acceptors (Lipinski definition) is 4. The average Bonchev–Trinajstić information content (AvgIpc) is 3.06. The van der Waals surface area contributed by atoms with E-state index in [-0.39, 0.29) is 11.7 Å². The van der Waals surface area contributed by atoms with Gasteiger partial charge in [0.15, 0.2) is 5.78 Å². The molecule has 30 heavy (non-hydrogen) atoms. The fourth-order valence-corrected chi connectivity index (χ4v) is 4.58. The van der Waals surface area contributed by atoms with Crippen molar-refractivity contribution in [3.63, 3.8) is 0 Å². The highest BCUT2D eigenvalue weighted by molar-refractivity contribution is 5.95. The van der Waals surface area contributed by atoms with Crippen LogP contribution in [0.5, 0.6) is 0 Å². The van der Waals surface area contributed by atoms with Crippen molar-refractivity contribution in [3.05, 3.63) is 58.5 Å². The van der Waals surface area contributed by atoms with Gasteiger partial charge >= 0.3 is 0 Å². The Morgan fingerprint density at radius 3 is 2.43 bits per heavy atom. The fraction of sp³-hybridized carbons (Fsp3) is 0.520. The molecular weight excluding hydrogens is 376 g/mol. The molecule has 1 N–H and O–H groups in total. The van der Waals surface area contributed by atoms with Crippen LogP contribution in [-0.4, -0.2) is 29.7 Å². The summed E-state index contributed by atoms with van der Waals surface area (Å²) in [6.07, 6.45) is 2.14. The molecule has 1 aromatic heterocycles. The van der Waals surface area contributed by atoms with Crippen LogP contribution in [0.3, 0.4) is 0 Å². The van der Waals surface area contributed by atoms with Gasteiger partial charge in [-0.15, -0.1) is 0 Å². The van der Waals surface area contributed by atoms with Crippen molar-refractivity contribution in [2.45, 2.75) is 60.0 Å². The molecule has 162 valence electrons. The minimum atomic E-state index is -0.0129. The minimum Gasteiger partial charge on any atom is -0.466 e. The standard InChI is InChI=1S/C25H34N2O3/c1-17-11-18(2)15-27(14-17)16-22-8-6-5-7-21(22)13-26-25(29)10-9-23-12-24(19(3)28)20(4)30-23/h5-8,12,17-18H,9-11,13-16H2,1-4H3,(H,26,29)/t17-,18+. The van der Waals surface area contributed by atoms with Crippen molar-refractivity contribution in [2.75, 3.05) is 13.1 Å². The first kappa shape index (κ1) is 22.3. The van der Waals surface area contributed by atoms with Crippen molar-refractivity contribution in [2.24, 2.45) is 11.8 Å². The number of rotatable bonds is 8. The second kappa shape index (κ2) is 10.1. The summed E-state index contributed by atoms with van der Waals surface area (Å²) in [5, 5.41) is 3.04. The maximum Gasteiger partial charge on any atom is 0.220 e. The Labute approximate surface area is 179 Å². The quantitative estimate of drug-likeness (QED) is 0.650. The lowest BCUT2D eigenvalue weighted by molar-refractivity contribution is -0.121. The zero-order chi connectivity index (χ0) is 21.7. The third-order valence-electron chi connectivity index (χ3n) is 5.88. The molecule has 5 heteroatoms. The summed E-state index contributed by atoms with van der Waals surface area (Å²) in [4.78, 5) is 26.5. The number of carbonyl (C=O) groups excluding carboxylic acids is 2. The van der Waals surface area contributed by atoms with Crippen LogP contribution in [-0.2, 0) is 24.3 Å². The summed E-state index contributed by atoms with van der Waals surface area (Å²) >= 11 is 0. The number of nitrogens with one attached hydrogen (secondary N) is 1. The third kappa shape index (κ3) is 6.05. The van der Waals surface area contributed by atoms with Crippen LogP contribution in [0.4, 0.5) is 0 Å². The normalized spacial score (nSPS) is 19.6. The number of furan rings is 1. The van der Waals surface area contributed by atoms with Crippen LogP contribution >= 0.6 is 0 Å². The van der Waals surface area contributed by atoms with Gasteiger partial charge in [-0.05, 0) is 49.3 Å². The number of hydrogen-bond donors (Lipinski definition) is 1. The summed E-state index contributed by atoms with van der Waals surface area (Å²) in [7, 11) is 0. The predicted octanol–water partition coefficient (Wildman–Crippen LogP) is 4.52. The lowest BCUT2D eigenvalue weighted by atomic mass is 9.91. The molecule has 1 aliphatic rings. The van der Waals surface area contributed by atoms with Gasteiger partial charge in [0, 0.05) is 39.0 Å². The molecule has 1 amide bonds. The van der Waals surface area contributed by atoms with Gasteiger partial charge in [-0.1, -0.05) is 38.1 Å². The number of amides is 1. The van der Waals surface area contributed by atoms with Gasteiger partial charge in [-0.2, -0.15) is 0 Å². The second-order valence-corrected chi connectivity index (χ2v) is 8.92. The molecular formula is C25H34N2O3. The van der Waals surface area contributed by atoms with Crippen molar-refractivity contribution < 1.29 is 14.0 Å². The van der Waals surface area contributed by atoms with E-state index in [0.29, 0.717) is 36.5 Å². The lowest BCUT2D eigenvalue weighted by Crippen LogP contribution is -2.38. The van der Waals surface area contributed by atoms with Gasteiger partial charge in [0.2, 0.25) is 5.91 Å². The van der Waals surface area contributed by atoms with Gasteiger partial charge < -0.3 is 9.73 Å². The van der Waals surface area contributed by atoms with Gasteiger partial charge in [-0.25, -0.2) is 0 Å². The second-order valence-electron chi connectivity index (χ2n) is 8.92. The molecule has 2 heterocycles. The molecule has 0 spiro atoms. The highest BCUT2D eigenvalue weighted by Crippen LogP contribution is 2.23. The van der Waals surface area contributed by atoms with Gasteiger partial charge in [0.1, 0.15) is 11.5 Å². The fourth-order valence-electron chi connectivity index (χ4n) is 4.58. The Morgan fingerprint density at radius 2 is 1.80 bits per heavy atom. The van der Waals surface area contributed by atoms with E-state index in [2.05, 4.69) is 42.3 Å². The van der Waals surface area contributed by atoms with E-state index in [1.54, 1.807) is 13.0 Å². The Hall–Kier alpha value is -2.40. The molecule has 0 unspecified atom stereocenters. The molecule has 0 radical (unpaired) electrons. The van der Waals surface area contributed by atoms with Crippen LogP contribution in [0, 0.1) is 18.8 Å². The summed E-state index contributed by atoms with van der Waals surface area (Å²) < 4.78 is 5.60. The maximum atomic E-state index is 12.4. The zero-order valence-electron chi connectivity index (χ0n) is 18.7. The van der Waals surface area contributed by atoms with E-state index in [4.69, 9.17) is 4.42 Å². The largest absolute Gasteiger partial charge is 0.466 e. The van der Waals surface area contributed by atoms with Crippen LogP contribution in [0.25, 0.3) is 0 Å². The first-order valence-electron chi connectivity index (χ1n) is 11.0. The van der Waals surface area contributed by atoms with Gasteiger partial charge in [0.05, 0.1) is 5.56 Å². The van der Waals surface area contributed by atoms with E-state index in [9.17, 15) is 9.59 Å². The van der Waals surface area contributed by atoms with Crippen LogP contribution in [0.2, 0.25) is 0 Å². The highest BCUT2D eigenvalue weighted by atomic mass is 16.3. The van der Waals surface area contributed by atoms with Crippen molar-refractivity contribution in [1.82, 2.24) is 10.2 Å². The molecule has 2 aromatic rings. The SMILES string of the molecule is CC(=O)c1cc(CCC(=O)NCc2ccccc2CN2C[C@H](C)C[C@H](C)C2)oc1C. The van der Waals surface area contributed by atoms with Gasteiger partial charge in [-0.3, -0.25) is 14.5 Å². The number of ketones is 1. The summed E-state index contributed by atoms with van der Waals surface area (Å²) in [6.45, 7) is 11.7. The zero-order valence-corrected chi connectivity index (χ0v) is 18.7. The number of piperidine rings is 1. The molecule has 5 nitrogen and oxygen atoms in total. The maximum absolute atomic E-state index is 12.4. The monoisotopic (exact) mass is 410 g/mol. The number of aryl methyl sites for hydroxylation is 2. The molecule has 0 aliphatic carbocycles. The minimum absolute atomic E-state index is 0.0107. The topological polar surface area (TPSA) is 62.6 Å². The Morgan fingerprint density at radius 1 is 1.13 bits per heavy atom. The molecule has 1 aromatic carbocycles. The van der Waals surface area contributed by atoms with Crippen LogP contribution in [0.15, 0.2) is 34.7 Å². The molecule has 1 aliphatic heterocycles. The Balaban J connectivity index is 1.52. The van der Waals surface area contributed by atoms with E-state index in [1.807, 2.05) is 6.07 Å². The van der Waals surface area contributed by atoms with E-state index >= 15 is 0 Å². The van der Waals surface area contributed by atoms with Gasteiger partial charge in [0.25, 0.3) is 0 Å². The Kier molecular flexibility index (Phi) is 7.48. The average molecular weight is 411 g/mol. The highest BCUT2D eigenvalue weighted by Gasteiger charge is 2.22. The molecule has 1 saturated heterocycles. The molecule has 1 fully saturated rings. The smallest absolute Gasteiger partial charge is 0.220 e. The van der Waals surface area contributed by atoms with Crippen LogP contribution < -0.4 is 5.32 Å². The number of likely N-dealkylation sites (tertiary alicyclic amines) is 1. The first-order valence-corrected chi connectivity index (χ1v) is 11.0. The van der Waals surface area contributed by atoms with Crippen molar-refractivity contribution in [3.8, 4) is 0 Å². The molecule has 2 atom stereocenters. The first-order chi connectivity index (χ1) is 14.3. The predicted molar refractivity (Wildman–Crippen MR) is 118 cm³/mol. The van der Waals surface area contributed by atoms with E-state index < -0.39 is 0 Å². The number of carbonyl (C=O) groups is 2. The molecule has 0 bridgehead atoms. The molecule has 0 saturated carbocycles. The van der Waals surface area contributed by atoms with Crippen molar-refractivity contribution >= 4 is 11.7 Å². The summed E-state index contributed by atoms with van der Waals surface area (Å²) in [5.74, 6) is 2.74. The van der Waals surface area contributed by atoms with E-state index in [1.165, 1.54) is 24.5 Å².